The Labute approximate surface area is 355 Å². The molecule has 2 saturated heterocycles. The Balaban J connectivity index is 1.62. The summed E-state index contributed by atoms with van der Waals surface area (Å²) >= 11 is 0. The summed E-state index contributed by atoms with van der Waals surface area (Å²) in [6.45, 7) is 13.7. The number of hydrogen-bond donors (Lipinski definition) is 11. The minimum Gasteiger partial charge on any atom is -0.444 e. The van der Waals surface area contributed by atoms with Crippen molar-refractivity contribution < 1.29 is 82.5 Å². The molecule has 0 radical (unpaired) electrons. The molecule has 3 aliphatic heterocycles. The number of aliphatic hydroxyl groups excluding tert-OH is 5. The summed E-state index contributed by atoms with van der Waals surface area (Å²) in [6.07, 6.45) is -18.4. The predicted octanol–water partition coefficient (Wildman–Crippen LogP) is -2.36. The van der Waals surface area contributed by atoms with Gasteiger partial charge >= 0.3 is 18.3 Å². The van der Waals surface area contributed by atoms with Crippen LogP contribution in [0, 0.1) is 0 Å². The molecule has 14 N–H and O–H groups in total. The largest absolute Gasteiger partial charge is 0.444 e. The van der Waals surface area contributed by atoms with Gasteiger partial charge in [0, 0.05) is 19.1 Å². The first-order chi connectivity index (χ1) is 28.2. The van der Waals surface area contributed by atoms with E-state index < -0.39 is 152 Å². The number of carbonyl (C=O) groups is 3. The van der Waals surface area contributed by atoms with Crippen molar-refractivity contribution in [3.8, 4) is 0 Å². The number of rotatable bonds is 12. The Hall–Kier alpha value is -3.01. The molecule has 3 fully saturated rings. The topological polar surface area (TPSA) is 350 Å². The third-order valence-corrected chi connectivity index (χ3v) is 9.70. The van der Waals surface area contributed by atoms with Crippen LogP contribution in [0.2, 0.25) is 0 Å². The van der Waals surface area contributed by atoms with Gasteiger partial charge in [-0.3, -0.25) is 0 Å². The Morgan fingerprint density at radius 1 is 0.656 bits per heavy atom. The van der Waals surface area contributed by atoms with Gasteiger partial charge in [-0.15, -0.1) is 0 Å². The lowest BCUT2D eigenvalue weighted by Gasteiger charge is -2.46. The maximum atomic E-state index is 13.1. The molecule has 61 heavy (non-hydrogen) atoms. The van der Waals surface area contributed by atoms with Crippen molar-refractivity contribution in [3.05, 3.63) is 12.2 Å². The molecule has 0 aromatic rings. The molecule has 3 amide bonds. The predicted molar refractivity (Wildman–Crippen MR) is 211 cm³/mol. The average Bonchev–Trinajstić information content (AvgIpc) is 3.42. The van der Waals surface area contributed by atoms with Gasteiger partial charge in [0.25, 0.3) is 0 Å². The monoisotopic (exact) mass is 880 g/mol. The van der Waals surface area contributed by atoms with Crippen LogP contribution < -0.4 is 33.2 Å². The molecule has 0 spiro atoms. The van der Waals surface area contributed by atoms with E-state index in [0.29, 0.717) is 0 Å². The Morgan fingerprint density at radius 3 is 1.77 bits per heavy atom. The van der Waals surface area contributed by atoms with Crippen LogP contribution in [0.1, 0.15) is 68.7 Å². The molecular formula is C38H68N6O17. The van der Waals surface area contributed by atoms with E-state index in [1.54, 1.807) is 74.5 Å². The second-order valence-corrected chi connectivity index (χ2v) is 18.5. The van der Waals surface area contributed by atoms with Crippen LogP contribution in [0.25, 0.3) is 0 Å². The normalized spacial score (nSPS) is 38.3. The molecule has 17 atom stereocenters. The third kappa shape index (κ3) is 14.2. The lowest BCUT2D eigenvalue weighted by molar-refractivity contribution is -0.287. The standard InChI is InChI=1S/C38H68N6O17/c1-36(2,3)59-33(50)42-14-20-24(47)25(48)22(44-35(52)61-38(7,8)9)31(54-20)57-28-21(15-45)55-32(26(28)49)58-29-23(46)18(41)12-19(43-34(51)60-37(4,5)6)27(29)56-30-17(40)11-10-16(13-39)53-30/h10-11,16-32,45-49H,12-15,39-41H2,1-9H3,(H,42,50)(H,43,51)(H,44,52)/t16-,17+,18+,19-,20-,21+,22+,23-,24+,25+,26+,27+,28+,29+,30+,31+,32-/m0/s1. The third-order valence-electron chi connectivity index (χ3n) is 9.70. The minimum absolute atomic E-state index is 0.0364. The van der Waals surface area contributed by atoms with Gasteiger partial charge in [0.2, 0.25) is 0 Å². The molecule has 0 bridgehead atoms. The molecule has 0 aromatic carbocycles. The van der Waals surface area contributed by atoms with Crippen LogP contribution in [0.3, 0.4) is 0 Å². The van der Waals surface area contributed by atoms with Gasteiger partial charge in [0.15, 0.2) is 18.9 Å². The van der Waals surface area contributed by atoms with Crippen LogP contribution in [0.4, 0.5) is 14.4 Å². The highest BCUT2D eigenvalue weighted by atomic mass is 16.8. The van der Waals surface area contributed by atoms with E-state index in [2.05, 4.69) is 16.0 Å². The molecular weight excluding hydrogens is 812 g/mol. The molecule has 1 saturated carbocycles. The zero-order chi connectivity index (χ0) is 45.8. The number of nitrogens with two attached hydrogens (primary N) is 3. The number of carbonyl (C=O) groups excluding carboxylic acids is 3. The van der Waals surface area contributed by atoms with Gasteiger partial charge in [-0.1, -0.05) is 12.2 Å². The van der Waals surface area contributed by atoms with Crippen LogP contribution in [0.15, 0.2) is 12.2 Å². The van der Waals surface area contributed by atoms with Gasteiger partial charge in [-0.25, -0.2) is 14.4 Å². The fourth-order valence-corrected chi connectivity index (χ4v) is 6.98. The summed E-state index contributed by atoms with van der Waals surface area (Å²) in [5.74, 6) is 0. The molecule has 23 nitrogen and oxygen atoms in total. The van der Waals surface area contributed by atoms with E-state index in [1.165, 1.54) is 0 Å². The Kier molecular flexibility index (Phi) is 17.1. The molecule has 1 aliphatic carbocycles. The van der Waals surface area contributed by atoms with Crippen LogP contribution in [-0.4, -0.2) is 184 Å². The van der Waals surface area contributed by atoms with E-state index in [4.69, 9.17) is 59.8 Å². The molecule has 4 aliphatic rings. The highest BCUT2D eigenvalue weighted by molar-refractivity contribution is 5.69. The molecule has 0 aromatic heterocycles. The number of amides is 3. The molecule has 352 valence electrons. The van der Waals surface area contributed by atoms with Crippen LogP contribution >= 0.6 is 0 Å². The summed E-state index contributed by atoms with van der Waals surface area (Å²) in [4.78, 5) is 38.5. The van der Waals surface area contributed by atoms with E-state index >= 15 is 0 Å². The van der Waals surface area contributed by atoms with Gasteiger partial charge in [-0.2, -0.15) is 0 Å². The lowest BCUT2D eigenvalue weighted by atomic mass is 9.84. The summed E-state index contributed by atoms with van der Waals surface area (Å²) in [5, 5.41) is 63.7. The summed E-state index contributed by atoms with van der Waals surface area (Å²) < 4.78 is 52.7. The van der Waals surface area contributed by atoms with Gasteiger partial charge in [0.05, 0.1) is 30.9 Å². The smallest absolute Gasteiger partial charge is 0.408 e. The fourth-order valence-electron chi connectivity index (χ4n) is 6.98. The zero-order valence-electron chi connectivity index (χ0n) is 36.2. The van der Waals surface area contributed by atoms with Crippen molar-refractivity contribution in [2.24, 2.45) is 17.2 Å². The zero-order valence-corrected chi connectivity index (χ0v) is 36.2. The second kappa shape index (κ2) is 20.7. The Bertz CT molecular complexity index is 1490. The van der Waals surface area contributed by atoms with Crippen molar-refractivity contribution in [1.29, 1.82) is 0 Å². The SMILES string of the molecule is CC(C)(C)OC(=O)NC[C@@H]1O[C@H](O[C@H]2[C@@H](O)[C@H](O[C@@H]3[C@@H](O)[C@H](N)C[C@H](NC(=O)OC(C)(C)C)[C@H]3O[C@H]3O[C@H](CN)C=C[C@H]3N)O[C@@H]2CO)[C@H](NC(=O)OC(C)(C)C)[C@@H](O)[C@@H]1O. The van der Waals surface area contributed by atoms with Crippen LogP contribution in [0.5, 0.6) is 0 Å². The van der Waals surface area contributed by atoms with Crippen LogP contribution in [-0.2, 0) is 42.6 Å². The first-order valence-corrected chi connectivity index (χ1v) is 20.3. The van der Waals surface area contributed by atoms with Gasteiger partial charge in [0.1, 0.15) is 71.7 Å². The van der Waals surface area contributed by atoms with Gasteiger partial charge < -0.3 is 101 Å². The van der Waals surface area contributed by atoms with Gasteiger partial charge in [-0.05, 0) is 68.7 Å². The van der Waals surface area contributed by atoms with Crippen molar-refractivity contribution in [2.45, 2.75) is 190 Å². The van der Waals surface area contributed by atoms with Crippen molar-refractivity contribution >= 4 is 18.3 Å². The lowest BCUT2D eigenvalue weighted by Crippen LogP contribution is -2.67. The van der Waals surface area contributed by atoms with E-state index in [-0.39, 0.29) is 13.0 Å². The van der Waals surface area contributed by atoms with E-state index in [0.717, 1.165) is 0 Å². The van der Waals surface area contributed by atoms with E-state index in [9.17, 15) is 39.9 Å². The maximum absolute atomic E-state index is 13.1. The Morgan fingerprint density at radius 2 is 1.20 bits per heavy atom. The number of nitrogens with one attached hydrogen (secondary N) is 3. The second-order valence-electron chi connectivity index (χ2n) is 18.5. The highest BCUT2D eigenvalue weighted by Gasteiger charge is 2.55. The summed E-state index contributed by atoms with van der Waals surface area (Å²) in [7, 11) is 0. The number of ether oxygens (including phenoxy) is 9. The number of hydrogen-bond acceptors (Lipinski definition) is 20. The first-order valence-electron chi connectivity index (χ1n) is 20.3. The molecule has 0 unspecified atom stereocenters. The van der Waals surface area contributed by atoms with Crippen molar-refractivity contribution in [1.82, 2.24) is 16.0 Å². The van der Waals surface area contributed by atoms with Crippen molar-refractivity contribution in [3.63, 3.8) is 0 Å². The van der Waals surface area contributed by atoms with E-state index in [1.807, 2.05) is 0 Å². The molecule has 23 heteroatoms. The quantitative estimate of drug-likeness (QED) is 0.0721. The minimum atomic E-state index is -1.80. The highest BCUT2D eigenvalue weighted by Crippen LogP contribution is 2.35. The molecule has 3 heterocycles. The number of alkyl carbamates (subject to hydrolysis) is 3. The first kappa shape index (κ1) is 50.6. The summed E-state index contributed by atoms with van der Waals surface area (Å²) in [5.41, 5.74) is 15.8. The van der Waals surface area contributed by atoms with Crippen molar-refractivity contribution in [2.75, 3.05) is 19.7 Å². The summed E-state index contributed by atoms with van der Waals surface area (Å²) in [6, 6.07) is -4.41. The average molecular weight is 881 g/mol. The number of aliphatic hydroxyl groups is 5. The maximum Gasteiger partial charge on any atom is 0.408 e. The molecule has 4 rings (SSSR count). The fraction of sp³-hybridized carbons (Fsp3) is 0.868.